The van der Waals surface area contributed by atoms with Crippen LogP contribution in [-0.4, -0.2) is 16.5 Å². The molecule has 0 saturated heterocycles. The second-order valence-corrected chi connectivity index (χ2v) is 4.08. The molecule has 96 valence electrons. The molecule has 2 rings (SSSR count). The fourth-order valence-corrected chi connectivity index (χ4v) is 1.76. The van der Waals surface area contributed by atoms with Gasteiger partial charge in [-0.3, -0.25) is 5.32 Å². The molecule has 0 amide bonds. The van der Waals surface area contributed by atoms with Gasteiger partial charge in [0.1, 0.15) is 17.5 Å². The largest absolute Gasteiger partial charge is 0.370 e. The predicted octanol–water partition coefficient (Wildman–Crippen LogP) is 2.33. The zero-order valence-corrected chi connectivity index (χ0v) is 10.7. The van der Waals surface area contributed by atoms with Crippen molar-refractivity contribution in [1.29, 1.82) is 5.26 Å². The number of nitriles is 1. The van der Waals surface area contributed by atoms with Crippen molar-refractivity contribution in [2.24, 2.45) is 0 Å². The molecule has 5 nitrogen and oxygen atoms in total. The van der Waals surface area contributed by atoms with Crippen LogP contribution in [-0.2, 0) is 6.42 Å². The summed E-state index contributed by atoms with van der Waals surface area (Å²) in [6.45, 7) is 2.58. The Bertz CT molecular complexity index is 574. The zero-order valence-electron chi connectivity index (χ0n) is 10.7. The van der Waals surface area contributed by atoms with Crippen LogP contribution >= 0.6 is 0 Å². The molecule has 0 fully saturated rings. The normalized spacial score (nSPS) is 9.68. The standard InChI is InChI=1S/C14H15N5/c1-11-18-13(9-14(19-11)17-10-15)16-8-7-12-5-3-2-4-6-12/h2-6,9H,7-8H2,1H3,(H2,16,17,18,19). The topological polar surface area (TPSA) is 73.6 Å². The highest BCUT2D eigenvalue weighted by molar-refractivity contribution is 5.49. The Morgan fingerprint density at radius 1 is 1.16 bits per heavy atom. The zero-order chi connectivity index (χ0) is 13.5. The minimum absolute atomic E-state index is 0.511. The molecule has 0 aliphatic heterocycles. The van der Waals surface area contributed by atoms with Crippen LogP contribution in [0.15, 0.2) is 36.4 Å². The fraction of sp³-hybridized carbons (Fsp3) is 0.214. The molecule has 0 radical (unpaired) electrons. The molecule has 1 heterocycles. The lowest BCUT2D eigenvalue weighted by Crippen LogP contribution is -2.08. The number of hydrogen-bond acceptors (Lipinski definition) is 5. The van der Waals surface area contributed by atoms with Gasteiger partial charge in [0.05, 0.1) is 0 Å². The van der Waals surface area contributed by atoms with Crippen LogP contribution in [0.3, 0.4) is 0 Å². The molecular weight excluding hydrogens is 238 g/mol. The Morgan fingerprint density at radius 3 is 2.63 bits per heavy atom. The third-order valence-corrected chi connectivity index (χ3v) is 2.58. The Labute approximate surface area is 112 Å². The molecule has 0 aliphatic rings. The maximum absolute atomic E-state index is 8.58. The molecule has 1 aromatic heterocycles. The molecule has 1 aromatic carbocycles. The lowest BCUT2D eigenvalue weighted by molar-refractivity contribution is 0.983. The number of nitrogens with one attached hydrogen (secondary N) is 2. The van der Waals surface area contributed by atoms with E-state index in [1.54, 1.807) is 13.0 Å². The van der Waals surface area contributed by atoms with E-state index in [1.165, 1.54) is 5.56 Å². The van der Waals surface area contributed by atoms with Crippen molar-refractivity contribution in [2.75, 3.05) is 17.2 Å². The minimum Gasteiger partial charge on any atom is -0.370 e. The predicted molar refractivity (Wildman–Crippen MR) is 74.6 cm³/mol. The SMILES string of the molecule is Cc1nc(NC#N)cc(NCCc2ccccc2)n1. The van der Waals surface area contributed by atoms with E-state index in [-0.39, 0.29) is 0 Å². The second-order valence-electron chi connectivity index (χ2n) is 4.08. The first-order valence-corrected chi connectivity index (χ1v) is 6.06. The Morgan fingerprint density at radius 2 is 1.89 bits per heavy atom. The summed E-state index contributed by atoms with van der Waals surface area (Å²) in [5, 5.41) is 14.3. The quantitative estimate of drug-likeness (QED) is 0.632. The maximum Gasteiger partial charge on any atom is 0.182 e. The van der Waals surface area contributed by atoms with Gasteiger partial charge in [-0.1, -0.05) is 30.3 Å². The van der Waals surface area contributed by atoms with Crippen LogP contribution in [0, 0.1) is 18.4 Å². The van der Waals surface area contributed by atoms with Gasteiger partial charge in [-0.25, -0.2) is 9.97 Å². The van der Waals surface area contributed by atoms with Crippen LogP contribution in [0.4, 0.5) is 11.6 Å². The van der Waals surface area contributed by atoms with Gasteiger partial charge in [-0.2, -0.15) is 5.26 Å². The highest BCUT2D eigenvalue weighted by Gasteiger charge is 2.01. The van der Waals surface area contributed by atoms with E-state index in [0.717, 1.165) is 18.8 Å². The summed E-state index contributed by atoms with van der Waals surface area (Å²) in [6, 6.07) is 12.0. The minimum atomic E-state index is 0.511. The van der Waals surface area contributed by atoms with E-state index in [0.29, 0.717) is 11.6 Å². The third kappa shape index (κ3) is 3.96. The number of rotatable bonds is 5. The van der Waals surface area contributed by atoms with Crippen molar-refractivity contribution in [2.45, 2.75) is 13.3 Å². The van der Waals surface area contributed by atoms with Gasteiger partial charge in [0.15, 0.2) is 6.19 Å². The smallest absolute Gasteiger partial charge is 0.182 e. The first kappa shape index (κ1) is 12.8. The van der Waals surface area contributed by atoms with Gasteiger partial charge >= 0.3 is 0 Å². The summed E-state index contributed by atoms with van der Waals surface area (Å²) in [6.07, 6.45) is 2.77. The van der Waals surface area contributed by atoms with E-state index in [1.807, 2.05) is 24.4 Å². The number of hydrogen-bond donors (Lipinski definition) is 2. The van der Waals surface area contributed by atoms with Crippen LogP contribution in [0.5, 0.6) is 0 Å². The monoisotopic (exact) mass is 253 g/mol. The van der Waals surface area contributed by atoms with Gasteiger partial charge in [-0.15, -0.1) is 0 Å². The van der Waals surface area contributed by atoms with Crippen LogP contribution < -0.4 is 10.6 Å². The lowest BCUT2D eigenvalue weighted by atomic mass is 10.1. The average molecular weight is 253 g/mol. The second kappa shape index (κ2) is 6.36. The molecule has 19 heavy (non-hydrogen) atoms. The Kier molecular flexibility index (Phi) is 4.29. The third-order valence-electron chi connectivity index (χ3n) is 2.58. The molecule has 0 atom stereocenters. The number of anilines is 2. The van der Waals surface area contributed by atoms with Crippen LogP contribution in [0.25, 0.3) is 0 Å². The van der Waals surface area contributed by atoms with Crippen molar-refractivity contribution >= 4 is 11.6 Å². The molecule has 0 bridgehead atoms. The van der Waals surface area contributed by atoms with Crippen molar-refractivity contribution in [1.82, 2.24) is 9.97 Å². The fourth-order valence-electron chi connectivity index (χ4n) is 1.76. The van der Waals surface area contributed by atoms with Gasteiger partial charge in [-0.05, 0) is 18.9 Å². The molecule has 0 spiro atoms. The van der Waals surface area contributed by atoms with E-state index in [4.69, 9.17) is 5.26 Å². The molecule has 5 heteroatoms. The van der Waals surface area contributed by atoms with E-state index in [9.17, 15) is 0 Å². The number of benzene rings is 1. The van der Waals surface area contributed by atoms with Crippen molar-refractivity contribution in [3.8, 4) is 6.19 Å². The molecule has 0 unspecified atom stereocenters. The molecule has 2 N–H and O–H groups in total. The van der Waals surface area contributed by atoms with E-state index < -0.39 is 0 Å². The number of aromatic nitrogens is 2. The van der Waals surface area contributed by atoms with Gasteiger partial charge in [0, 0.05) is 12.6 Å². The van der Waals surface area contributed by atoms with E-state index in [2.05, 4.69) is 32.7 Å². The molecule has 0 aliphatic carbocycles. The van der Waals surface area contributed by atoms with Crippen LogP contribution in [0.2, 0.25) is 0 Å². The van der Waals surface area contributed by atoms with Crippen molar-refractivity contribution in [3.63, 3.8) is 0 Å². The van der Waals surface area contributed by atoms with Crippen LogP contribution in [0.1, 0.15) is 11.4 Å². The summed E-state index contributed by atoms with van der Waals surface area (Å²) in [7, 11) is 0. The van der Waals surface area contributed by atoms with Crippen molar-refractivity contribution < 1.29 is 0 Å². The first-order valence-electron chi connectivity index (χ1n) is 6.06. The summed E-state index contributed by atoms with van der Waals surface area (Å²) in [4.78, 5) is 8.38. The highest BCUT2D eigenvalue weighted by atomic mass is 15.1. The maximum atomic E-state index is 8.58. The summed E-state index contributed by atoms with van der Waals surface area (Å²) in [5.41, 5.74) is 1.27. The average Bonchev–Trinajstić information content (AvgIpc) is 2.40. The Hall–Kier alpha value is -2.61. The lowest BCUT2D eigenvalue weighted by Gasteiger charge is -2.07. The van der Waals surface area contributed by atoms with Gasteiger partial charge in [0.2, 0.25) is 0 Å². The molecular formula is C14H15N5. The highest BCUT2D eigenvalue weighted by Crippen LogP contribution is 2.10. The summed E-state index contributed by atoms with van der Waals surface area (Å²) >= 11 is 0. The Balaban J connectivity index is 1.94. The molecule has 0 saturated carbocycles. The summed E-state index contributed by atoms with van der Waals surface area (Å²) in [5.74, 6) is 1.86. The number of aryl methyl sites for hydroxylation is 1. The van der Waals surface area contributed by atoms with Crippen molar-refractivity contribution in [3.05, 3.63) is 47.8 Å². The van der Waals surface area contributed by atoms with Gasteiger partial charge < -0.3 is 5.32 Å². The van der Waals surface area contributed by atoms with Gasteiger partial charge in [0.25, 0.3) is 0 Å². The first-order chi connectivity index (χ1) is 9.28. The molecule has 2 aromatic rings. The number of nitrogens with zero attached hydrogens (tertiary/aromatic N) is 3. The van der Waals surface area contributed by atoms with E-state index >= 15 is 0 Å². The summed E-state index contributed by atoms with van der Waals surface area (Å²) < 4.78 is 0.